The zero-order chi connectivity index (χ0) is 44.9. The maximum atomic E-state index is 12.7. The van der Waals surface area contributed by atoms with Gasteiger partial charge in [0, 0.05) is 19.4 Å². The van der Waals surface area contributed by atoms with Crippen LogP contribution >= 0.6 is 0 Å². The molecule has 0 spiro atoms. The van der Waals surface area contributed by atoms with E-state index in [0.29, 0.717) is 19.4 Å². The Kier molecular flexibility index (Phi) is 50.0. The molecule has 0 aromatic carbocycles. The Labute approximate surface area is 384 Å². The predicted molar refractivity (Wildman–Crippen MR) is 270 cm³/mol. The van der Waals surface area contributed by atoms with Crippen molar-refractivity contribution in [1.29, 1.82) is 0 Å². The van der Waals surface area contributed by atoms with E-state index in [4.69, 9.17) is 14.2 Å². The molecule has 0 aliphatic carbocycles. The van der Waals surface area contributed by atoms with Gasteiger partial charge in [-0.15, -0.1) is 0 Å². The molecule has 0 saturated heterocycles. The lowest BCUT2D eigenvalue weighted by Crippen LogP contribution is -2.30. The average Bonchev–Trinajstić information content (AvgIpc) is 3.27. The van der Waals surface area contributed by atoms with Crippen LogP contribution in [0, 0.1) is 0 Å². The summed E-state index contributed by atoms with van der Waals surface area (Å²) in [4.78, 5) is 25.3. The number of carbonyl (C=O) groups is 2. The van der Waals surface area contributed by atoms with Crippen LogP contribution in [0.2, 0.25) is 0 Å². The first kappa shape index (κ1) is 59.1. The number of esters is 2. The van der Waals surface area contributed by atoms with Gasteiger partial charge in [0.05, 0.1) is 6.61 Å². The molecule has 62 heavy (non-hydrogen) atoms. The molecule has 0 bridgehead atoms. The molecule has 5 nitrogen and oxygen atoms in total. The van der Waals surface area contributed by atoms with Gasteiger partial charge in [-0.2, -0.15) is 0 Å². The lowest BCUT2D eigenvalue weighted by atomic mass is 10.1. The zero-order valence-corrected chi connectivity index (χ0v) is 40.9. The van der Waals surface area contributed by atoms with E-state index >= 15 is 0 Å². The third-order valence-electron chi connectivity index (χ3n) is 10.9. The molecule has 0 radical (unpaired) electrons. The fraction of sp³-hybridized carbons (Fsp3) is 0.719. The lowest BCUT2D eigenvalue weighted by Gasteiger charge is -2.18. The Morgan fingerprint density at radius 2 is 0.726 bits per heavy atom. The normalized spacial score (nSPS) is 12.9. The summed E-state index contributed by atoms with van der Waals surface area (Å²) in [6.45, 7) is 7.62. The molecule has 0 N–H and O–H groups in total. The molecule has 0 rings (SSSR count). The summed E-state index contributed by atoms with van der Waals surface area (Å²) in [5.41, 5.74) is 0. The molecule has 1 unspecified atom stereocenters. The van der Waals surface area contributed by atoms with E-state index in [9.17, 15) is 9.59 Å². The van der Waals surface area contributed by atoms with Gasteiger partial charge in [-0.05, 0) is 96.3 Å². The molecule has 0 aromatic heterocycles. The highest BCUT2D eigenvalue weighted by Gasteiger charge is 2.17. The van der Waals surface area contributed by atoms with Gasteiger partial charge >= 0.3 is 11.9 Å². The fourth-order valence-corrected chi connectivity index (χ4v) is 7.04. The second-order valence-corrected chi connectivity index (χ2v) is 17.0. The van der Waals surface area contributed by atoms with Crippen molar-refractivity contribution in [1.82, 2.24) is 0 Å². The van der Waals surface area contributed by atoms with Crippen molar-refractivity contribution in [2.75, 3.05) is 19.8 Å². The van der Waals surface area contributed by atoms with Crippen LogP contribution in [0.3, 0.4) is 0 Å². The molecule has 0 aliphatic rings. The summed E-state index contributed by atoms with van der Waals surface area (Å²) in [5, 5.41) is 0. The number of hydrogen-bond donors (Lipinski definition) is 0. The molecule has 0 fully saturated rings. The highest BCUT2D eigenvalue weighted by molar-refractivity contribution is 5.70. The number of allylic oxidation sites excluding steroid dienone is 14. The first-order valence-corrected chi connectivity index (χ1v) is 26.1. The first-order valence-electron chi connectivity index (χ1n) is 26.1. The Morgan fingerprint density at radius 1 is 0.371 bits per heavy atom. The van der Waals surface area contributed by atoms with Crippen molar-refractivity contribution >= 4 is 11.9 Å². The summed E-state index contributed by atoms with van der Waals surface area (Å²) in [5.74, 6) is -0.424. The molecule has 356 valence electrons. The topological polar surface area (TPSA) is 61.8 Å². The molecule has 5 heteroatoms. The van der Waals surface area contributed by atoms with Crippen LogP contribution in [0.1, 0.15) is 239 Å². The molecule has 0 aromatic rings. The molecule has 0 aliphatic heterocycles. The number of ether oxygens (including phenoxy) is 3. The van der Waals surface area contributed by atoms with Gasteiger partial charge in [0.2, 0.25) is 0 Å². The van der Waals surface area contributed by atoms with Gasteiger partial charge in [0.15, 0.2) is 6.10 Å². The number of rotatable bonds is 47. The van der Waals surface area contributed by atoms with Crippen LogP contribution in [0.5, 0.6) is 0 Å². The first-order chi connectivity index (χ1) is 30.6. The smallest absolute Gasteiger partial charge is 0.306 e. The average molecular weight is 863 g/mol. The van der Waals surface area contributed by atoms with Gasteiger partial charge < -0.3 is 14.2 Å². The second kappa shape index (κ2) is 52.4. The van der Waals surface area contributed by atoms with Crippen molar-refractivity contribution in [2.24, 2.45) is 0 Å². The maximum absolute atomic E-state index is 12.7. The standard InChI is InChI=1S/C57H98O5/c1-4-7-10-13-16-19-21-23-25-27-29-30-32-34-36-39-41-44-47-50-56(58)61-54-55(62-57(59)51-48-45-42-38-18-15-12-9-6-3)53-60-52-49-46-43-40-37-35-33-31-28-26-24-22-20-17-14-11-8-5-2/h8,11,16-17,19-20,23-26,29-31,33,55H,4-7,9-10,12-15,18,21-22,27-28,32,34-54H2,1-3H3/b11-8-,19-16-,20-17-,25-23-,26-24-,30-29-,33-31-. The van der Waals surface area contributed by atoms with E-state index < -0.39 is 6.10 Å². The fourth-order valence-electron chi connectivity index (χ4n) is 7.04. The summed E-state index contributed by atoms with van der Waals surface area (Å²) in [6, 6.07) is 0. The van der Waals surface area contributed by atoms with Crippen molar-refractivity contribution < 1.29 is 23.8 Å². The quantitative estimate of drug-likeness (QED) is 0.0346. The van der Waals surface area contributed by atoms with Gasteiger partial charge in [-0.25, -0.2) is 0 Å². The van der Waals surface area contributed by atoms with Gasteiger partial charge in [-0.1, -0.05) is 215 Å². The highest BCUT2D eigenvalue weighted by atomic mass is 16.6. The van der Waals surface area contributed by atoms with E-state index in [0.717, 1.165) is 96.3 Å². The Hall–Kier alpha value is -2.92. The third kappa shape index (κ3) is 49.7. The largest absolute Gasteiger partial charge is 0.462 e. The van der Waals surface area contributed by atoms with Gasteiger partial charge in [-0.3, -0.25) is 9.59 Å². The second-order valence-electron chi connectivity index (χ2n) is 17.0. The highest BCUT2D eigenvalue weighted by Crippen LogP contribution is 2.13. The monoisotopic (exact) mass is 863 g/mol. The van der Waals surface area contributed by atoms with Crippen LogP contribution in [-0.2, 0) is 23.8 Å². The third-order valence-corrected chi connectivity index (χ3v) is 10.9. The summed E-state index contributed by atoms with van der Waals surface area (Å²) in [7, 11) is 0. The van der Waals surface area contributed by atoms with Gasteiger partial charge in [0.25, 0.3) is 0 Å². The molecule has 1 atom stereocenters. The predicted octanol–water partition coefficient (Wildman–Crippen LogP) is 17.7. The van der Waals surface area contributed by atoms with Crippen LogP contribution in [0.15, 0.2) is 85.1 Å². The minimum Gasteiger partial charge on any atom is -0.462 e. The molecule has 0 saturated carbocycles. The van der Waals surface area contributed by atoms with E-state index in [1.165, 1.54) is 109 Å². The number of unbranched alkanes of at least 4 members (excludes halogenated alkanes) is 22. The van der Waals surface area contributed by atoms with Crippen LogP contribution in [0.4, 0.5) is 0 Å². The van der Waals surface area contributed by atoms with Crippen molar-refractivity contribution in [3.63, 3.8) is 0 Å². The van der Waals surface area contributed by atoms with Crippen molar-refractivity contribution in [2.45, 2.75) is 245 Å². The lowest BCUT2D eigenvalue weighted by molar-refractivity contribution is -0.163. The molecular weight excluding hydrogens is 765 g/mol. The van der Waals surface area contributed by atoms with Crippen LogP contribution < -0.4 is 0 Å². The summed E-state index contributed by atoms with van der Waals surface area (Å²) in [6.07, 6.45) is 68.8. The molecule has 0 amide bonds. The minimum atomic E-state index is -0.552. The van der Waals surface area contributed by atoms with Crippen LogP contribution in [0.25, 0.3) is 0 Å². The number of hydrogen-bond acceptors (Lipinski definition) is 5. The SMILES string of the molecule is CC/C=C\C/C=C\C/C=C\C/C=C\CCCCCCCOCC(COC(=O)CCCCCCCC/C=C\C/C=C\C/C=C\CCCCC)OC(=O)CCCCCCCCCCC. The van der Waals surface area contributed by atoms with E-state index in [1.54, 1.807) is 0 Å². The van der Waals surface area contributed by atoms with E-state index in [2.05, 4.69) is 106 Å². The maximum Gasteiger partial charge on any atom is 0.306 e. The Balaban J connectivity index is 4.25. The van der Waals surface area contributed by atoms with Crippen molar-refractivity contribution in [3.05, 3.63) is 85.1 Å². The zero-order valence-electron chi connectivity index (χ0n) is 40.9. The molecule has 0 heterocycles. The number of carbonyl (C=O) groups excluding carboxylic acids is 2. The van der Waals surface area contributed by atoms with E-state index in [-0.39, 0.29) is 25.2 Å². The Morgan fingerprint density at radius 3 is 1.19 bits per heavy atom. The minimum absolute atomic E-state index is 0.0686. The van der Waals surface area contributed by atoms with Gasteiger partial charge in [0.1, 0.15) is 6.61 Å². The molecular formula is C57H98O5. The van der Waals surface area contributed by atoms with Crippen molar-refractivity contribution in [3.8, 4) is 0 Å². The van der Waals surface area contributed by atoms with Crippen LogP contribution in [-0.4, -0.2) is 37.9 Å². The Bertz CT molecular complexity index is 1160. The van der Waals surface area contributed by atoms with E-state index in [1.807, 2.05) is 0 Å². The summed E-state index contributed by atoms with van der Waals surface area (Å²) < 4.78 is 17.4. The summed E-state index contributed by atoms with van der Waals surface area (Å²) >= 11 is 0.